The number of guanidine groups is 1. The molecule has 1 aromatic heterocycles. The molecule has 1 fully saturated rings. The van der Waals surface area contributed by atoms with E-state index in [9.17, 15) is 0 Å². The Morgan fingerprint density at radius 1 is 1.65 bits per heavy atom. The fourth-order valence-electron chi connectivity index (χ4n) is 1.73. The molecule has 0 aliphatic heterocycles. The van der Waals surface area contributed by atoms with E-state index in [1.807, 2.05) is 19.4 Å². The molecule has 96 valence electrons. The summed E-state index contributed by atoms with van der Waals surface area (Å²) in [6.45, 7) is 1.56. The minimum atomic E-state index is 0. The van der Waals surface area contributed by atoms with Crippen LogP contribution in [0.2, 0.25) is 0 Å². The van der Waals surface area contributed by atoms with Crippen LogP contribution in [0.1, 0.15) is 24.8 Å². The summed E-state index contributed by atoms with van der Waals surface area (Å²) in [7, 11) is 1.89. The average molecular weight is 349 g/mol. The second-order valence-corrected chi connectivity index (χ2v) is 4.40. The molecule has 0 radical (unpaired) electrons. The molecule has 0 atom stereocenters. The lowest BCUT2D eigenvalue weighted by Crippen LogP contribution is -2.37. The molecule has 5 nitrogen and oxygen atoms in total. The highest BCUT2D eigenvalue weighted by Gasteiger charge is 2.16. The molecule has 1 saturated carbocycles. The smallest absolute Gasteiger partial charge is 0.188 e. The van der Waals surface area contributed by atoms with Crippen molar-refractivity contribution in [2.45, 2.75) is 25.8 Å². The molecule has 0 saturated heterocycles. The maximum atomic E-state index is 5.77. The third kappa shape index (κ3) is 4.53. The quantitative estimate of drug-likeness (QED) is 0.488. The van der Waals surface area contributed by atoms with Crippen LogP contribution in [0.5, 0.6) is 0 Å². The molecule has 0 spiro atoms. The van der Waals surface area contributed by atoms with E-state index in [1.165, 1.54) is 19.3 Å². The monoisotopic (exact) mass is 349 g/mol. The first kappa shape index (κ1) is 14.3. The standard InChI is InChI=1S/C11H19N5.HI/c1-16-8-10(7-15-16)6-14-11(12)13-5-9-3-2-4-9;/h7-9H,2-6H2,1H3,(H3,12,13,14);1H. The van der Waals surface area contributed by atoms with Gasteiger partial charge in [0.1, 0.15) is 0 Å². The Kier molecular flexibility index (Phi) is 5.73. The summed E-state index contributed by atoms with van der Waals surface area (Å²) in [5.41, 5.74) is 6.85. The molecule has 1 heterocycles. The first-order valence-corrected chi connectivity index (χ1v) is 5.75. The fraction of sp³-hybridized carbons (Fsp3) is 0.636. The summed E-state index contributed by atoms with van der Waals surface area (Å²) in [6.07, 6.45) is 7.76. The van der Waals surface area contributed by atoms with Crippen LogP contribution in [0.3, 0.4) is 0 Å². The van der Waals surface area contributed by atoms with Crippen LogP contribution in [-0.2, 0) is 13.6 Å². The molecule has 1 aliphatic carbocycles. The summed E-state index contributed by atoms with van der Waals surface area (Å²) in [6, 6.07) is 0. The number of hydrogen-bond acceptors (Lipinski definition) is 2. The Morgan fingerprint density at radius 3 is 2.94 bits per heavy atom. The lowest BCUT2D eigenvalue weighted by molar-refractivity contribution is 0.315. The zero-order chi connectivity index (χ0) is 11.4. The summed E-state index contributed by atoms with van der Waals surface area (Å²) >= 11 is 0. The third-order valence-electron chi connectivity index (χ3n) is 2.99. The van der Waals surface area contributed by atoms with Gasteiger partial charge in [0.05, 0.1) is 12.7 Å². The predicted molar refractivity (Wildman–Crippen MR) is 79.3 cm³/mol. The number of aryl methyl sites for hydroxylation is 1. The minimum Gasteiger partial charge on any atom is -0.370 e. The number of nitrogens with two attached hydrogens (primary N) is 1. The first-order chi connectivity index (χ1) is 7.74. The van der Waals surface area contributed by atoms with E-state index in [4.69, 9.17) is 5.73 Å². The highest BCUT2D eigenvalue weighted by molar-refractivity contribution is 14.0. The number of rotatable bonds is 4. The molecule has 17 heavy (non-hydrogen) atoms. The first-order valence-electron chi connectivity index (χ1n) is 5.75. The third-order valence-corrected chi connectivity index (χ3v) is 2.99. The van der Waals surface area contributed by atoms with Crippen molar-refractivity contribution in [3.63, 3.8) is 0 Å². The molecule has 6 heteroatoms. The van der Waals surface area contributed by atoms with Gasteiger partial charge in [-0.25, -0.2) is 4.99 Å². The molecular weight excluding hydrogens is 329 g/mol. The molecule has 0 aromatic carbocycles. The van der Waals surface area contributed by atoms with Gasteiger partial charge in [-0.15, -0.1) is 24.0 Å². The van der Waals surface area contributed by atoms with Gasteiger partial charge in [0, 0.05) is 25.4 Å². The molecule has 1 aromatic rings. The second kappa shape index (κ2) is 6.83. The topological polar surface area (TPSA) is 68.2 Å². The van der Waals surface area contributed by atoms with Gasteiger partial charge in [-0.1, -0.05) is 6.42 Å². The summed E-state index contributed by atoms with van der Waals surface area (Å²) in [5, 5.41) is 7.24. The molecule has 0 unspecified atom stereocenters. The summed E-state index contributed by atoms with van der Waals surface area (Å²) in [5.74, 6) is 1.34. The Hall–Kier alpha value is -0.790. The Morgan fingerprint density at radius 2 is 2.41 bits per heavy atom. The number of nitrogens with one attached hydrogen (secondary N) is 1. The van der Waals surface area contributed by atoms with Crippen LogP contribution in [0, 0.1) is 5.92 Å². The highest BCUT2D eigenvalue weighted by atomic mass is 127. The highest BCUT2D eigenvalue weighted by Crippen LogP contribution is 2.24. The van der Waals surface area contributed by atoms with E-state index in [0.717, 1.165) is 18.0 Å². The van der Waals surface area contributed by atoms with Crippen LogP contribution in [-0.4, -0.2) is 22.3 Å². The largest absolute Gasteiger partial charge is 0.370 e. The van der Waals surface area contributed by atoms with E-state index in [1.54, 1.807) is 4.68 Å². The van der Waals surface area contributed by atoms with Crippen LogP contribution in [0.15, 0.2) is 17.4 Å². The normalized spacial score (nSPS) is 16.2. The van der Waals surface area contributed by atoms with Crippen molar-refractivity contribution in [1.29, 1.82) is 0 Å². The molecule has 1 aliphatic rings. The Labute approximate surface area is 119 Å². The number of aliphatic imine (C=N–C) groups is 1. The van der Waals surface area contributed by atoms with Crippen molar-refractivity contribution < 1.29 is 0 Å². The van der Waals surface area contributed by atoms with E-state index in [0.29, 0.717) is 12.5 Å². The Balaban J connectivity index is 0.00000144. The van der Waals surface area contributed by atoms with Crippen molar-refractivity contribution in [3.8, 4) is 0 Å². The SMILES string of the molecule is Cn1cc(CN=C(N)NCC2CCC2)cn1.I. The van der Waals surface area contributed by atoms with Gasteiger partial charge in [-0.3, -0.25) is 4.68 Å². The average Bonchev–Trinajstić information content (AvgIpc) is 2.59. The van der Waals surface area contributed by atoms with Gasteiger partial charge in [-0.2, -0.15) is 5.10 Å². The summed E-state index contributed by atoms with van der Waals surface area (Å²) in [4.78, 5) is 4.27. The number of nitrogens with zero attached hydrogens (tertiary/aromatic N) is 3. The maximum Gasteiger partial charge on any atom is 0.188 e. The van der Waals surface area contributed by atoms with Crippen LogP contribution in [0.25, 0.3) is 0 Å². The fourth-order valence-corrected chi connectivity index (χ4v) is 1.73. The Bertz CT molecular complexity index is 370. The van der Waals surface area contributed by atoms with E-state index in [2.05, 4.69) is 15.4 Å². The lowest BCUT2D eigenvalue weighted by atomic mass is 9.85. The van der Waals surface area contributed by atoms with Crippen molar-refractivity contribution in [2.24, 2.45) is 23.7 Å². The zero-order valence-corrected chi connectivity index (χ0v) is 12.4. The predicted octanol–water partition coefficient (Wildman–Crippen LogP) is 1.24. The number of aromatic nitrogens is 2. The number of hydrogen-bond donors (Lipinski definition) is 2. The van der Waals surface area contributed by atoms with Gasteiger partial charge < -0.3 is 11.1 Å². The zero-order valence-electron chi connectivity index (χ0n) is 10.1. The van der Waals surface area contributed by atoms with Crippen LogP contribution in [0.4, 0.5) is 0 Å². The van der Waals surface area contributed by atoms with Gasteiger partial charge >= 0.3 is 0 Å². The van der Waals surface area contributed by atoms with Crippen molar-refractivity contribution in [2.75, 3.05) is 6.54 Å². The molecule has 0 bridgehead atoms. The minimum absolute atomic E-state index is 0. The van der Waals surface area contributed by atoms with Gasteiger partial charge in [0.2, 0.25) is 0 Å². The van der Waals surface area contributed by atoms with Gasteiger partial charge in [0.15, 0.2) is 5.96 Å². The van der Waals surface area contributed by atoms with E-state index < -0.39 is 0 Å². The van der Waals surface area contributed by atoms with Crippen molar-refractivity contribution in [1.82, 2.24) is 15.1 Å². The van der Waals surface area contributed by atoms with Crippen LogP contribution < -0.4 is 11.1 Å². The molecule has 2 rings (SSSR count). The van der Waals surface area contributed by atoms with E-state index >= 15 is 0 Å². The van der Waals surface area contributed by atoms with Gasteiger partial charge in [0.25, 0.3) is 0 Å². The molecular formula is C11H20IN5. The van der Waals surface area contributed by atoms with Crippen LogP contribution >= 0.6 is 24.0 Å². The van der Waals surface area contributed by atoms with Crippen molar-refractivity contribution >= 4 is 29.9 Å². The molecule has 0 amide bonds. The van der Waals surface area contributed by atoms with Crippen molar-refractivity contribution in [3.05, 3.63) is 18.0 Å². The lowest BCUT2D eigenvalue weighted by Gasteiger charge is -2.25. The van der Waals surface area contributed by atoms with E-state index in [-0.39, 0.29) is 24.0 Å². The van der Waals surface area contributed by atoms with Gasteiger partial charge in [-0.05, 0) is 18.8 Å². The molecule has 3 N–H and O–H groups in total. The second-order valence-electron chi connectivity index (χ2n) is 4.40. The summed E-state index contributed by atoms with van der Waals surface area (Å²) < 4.78 is 1.77. The number of halogens is 1. The maximum absolute atomic E-state index is 5.77.